The standard InChI is InChI=1S/C23H22ClF3N4O3/c1-34-17-6-14(2-3-16(17)30-21-28-10-15(19(24)31-21)23(25,26)27)29-20(33)22-7-11-4-12(8-22)18(32)13(5-11)9-22/h2-3,6,10-13H,4-5,7-9H2,1H3,(H,29,33)(H,28,30,31). The van der Waals surface area contributed by atoms with Gasteiger partial charge >= 0.3 is 6.18 Å². The molecule has 4 fully saturated rings. The highest BCUT2D eigenvalue weighted by Crippen LogP contribution is 2.59. The maximum atomic E-state index is 13.3. The van der Waals surface area contributed by atoms with Crippen LogP contribution in [0.2, 0.25) is 5.15 Å². The van der Waals surface area contributed by atoms with E-state index in [-0.39, 0.29) is 23.7 Å². The highest BCUT2D eigenvalue weighted by atomic mass is 35.5. The monoisotopic (exact) mass is 494 g/mol. The Morgan fingerprint density at radius 3 is 2.53 bits per heavy atom. The van der Waals surface area contributed by atoms with Crippen molar-refractivity contribution in [2.45, 2.75) is 38.3 Å². The van der Waals surface area contributed by atoms with Crippen molar-refractivity contribution in [2.24, 2.45) is 23.2 Å². The van der Waals surface area contributed by atoms with E-state index in [0.29, 0.717) is 47.9 Å². The predicted molar refractivity (Wildman–Crippen MR) is 118 cm³/mol. The van der Waals surface area contributed by atoms with Crippen LogP contribution in [0.1, 0.15) is 37.7 Å². The summed E-state index contributed by atoms with van der Waals surface area (Å²) in [4.78, 5) is 33.1. The molecule has 1 heterocycles. The topological polar surface area (TPSA) is 93.2 Å². The van der Waals surface area contributed by atoms with Crippen LogP contribution in [0.5, 0.6) is 5.75 Å². The van der Waals surface area contributed by atoms with Crippen LogP contribution in [0, 0.1) is 23.2 Å². The molecule has 4 saturated carbocycles. The fourth-order valence-corrected chi connectivity index (χ4v) is 6.13. The lowest BCUT2D eigenvalue weighted by Crippen LogP contribution is -2.55. The van der Waals surface area contributed by atoms with Crippen molar-refractivity contribution >= 4 is 40.6 Å². The Bertz CT molecular complexity index is 1150. The number of rotatable bonds is 5. The average molecular weight is 495 g/mol. The van der Waals surface area contributed by atoms with E-state index in [4.69, 9.17) is 16.3 Å². The van der Waals surface area contributed by atoms with E-state index in [2.05, 4.69) is 20.6 Å². The molecule has 0 saturated heterocycles. The largest absolute Gasteiger partial charge is 0.494 e. The Hall–Kier alpha value is -2.88. The molecule has 2 aromatic rings. The van der Waals surface area contributed by atoms with E-state index in [0.717, 1.165) is 19.3 Å². The van der Waals surface area contributed by atoms with Crippen molar-refractivity contribution in [2.75, 3.05) is 17.7 Å². The number of nitrogens with one attached hydrogen (secondary N) is 2. The summed E-state index contributed by atoms with van der Waals surface area (Å²) >= 11 is 5.66. The Kier molecular flexibility index (Phi) is 5.46. The van der Waals surface area contributed by atoms with Crippen molar-refractivity contribution in [3.8, 4) is 5.75 Å². The zero-order valence-corrected chi connectivity index (χ0v) is 19.0. The minimum Gasteiger partial charge on any atom is -0.494 e. The van der Waals surface area contributed by atoms with Gasteiger partial charge in [0.15, 0.2) is 0 Å². The fourth-order valence-electron chi connectivity index (χ4n) is 5.89. The van der Waals surface area contributed by atoms with Gasteiger partial charge in [-0.2, -0.15) is 13.2 Å². The summed E-state index contributed by atoms with van der Waals surface area (Å²) in [5, 5.41) is 5.04. The molecule has 34 heavy (non-hydrogen) atoms. The van der Waals surface area contributed by atoms with E-state index in [1.807, 2.05) is 0 Å². The zero-order valence-electron chi connectivity index (χ0n) is 18.2. The molecule has 6 rings (SSSR count). The molecule has 2 unspecified atom stereocenters. The molecule has 1 amide bonds. The average Bonchev–Trinajstić information content (AvgIpc) is 2.77. The molecule has 4 aliphatic rings. The maximum Gasteiger partial charge on any atom is 0.420 e. The summed E-state index contributed by atoms with van der Waals surface area (Å²) in [6.07, 6.45) is -0.238. The quantitative estimate of drug-likeness (QED) is 0.552. The van der Waals surface area contributed by atoms with Gasteiger partial charge in [-0.1, -0.05) is 11.6 Å². The number of alkyl halides is 3. The number of ketones is 1. The van der Waals surface area contributed by atoms with Crippen LogP contribution in [-0.2, 0) is 15.8 Å². The third-order valence-corrected chi connectivity index (χ3v) is 7.52. The molecular weight excluding hydrogens is 473 g/mol. The number of ether oxygens (including phenoxy) is 1. The summed E-state index contributed by atoms with van der Waals surface area (Å²) in [6, 6.07) is 4.87. The van der Waals surface area contributed by atoms with Crippen molar-refractivity contribution in [1.29, 1.82) is 0 Å². The van der Waals surface area contributed by atoms with Gasteiger partial charge < -0.3 is 15.4 Å². The Labute approximate surface area is 198 Å². The van der Waals surface area contributed by atoms with Gasteiger partial charge in [0.05, 0.1) is 18.2 Å². The maximum absolute atomic E-state index is 13.3. The van der Waals surface area contributed by atoms with E-state index in [1.165, 1.54) is 7.11 Å². The number of hydrogen-bond acceptors (Lipinski definition) is 6. The number of Topliss-reactive ketones (excluding diaryl/α,β-unsaturated/α-hetero) is 1. The lowest BCUT2D eigenvalue weighted by molar-refractivity contribution is -0.154. The first kappa shape index (κ1) is 22.9. The number of anilines is 3. The number of carbonyl (C=O) groups excluding carboxylic acids is 2. The molecule has 4 aliphatic carbocycles. The van der Waals surface area contributed by atoms with Gasteiger partial charge in [0, 0.05) is 29.8 Å². The van der Waals surface area contributed by atoms with Gasteiger partial charge in [-0.05, 0) is 50.2 Å². The number of benzene rings is 1. The van der Waals surface area contributed by atoms with Gasteiger partial charge in [-0.15, -0.1) is 0 Å². The minimum atomic E-state index is -4.66. The molecular formula is C23H22ClF3N4O3. The molecule has 0 spiro atoms. The first-order chi connectivity index (χ1) is 16.1. The number of amides is 1. The molecule has 2 atom stereocenters. The molecule has 4 bridgehead atoms. The normalized spacial score (nSPS) is 27.6. The summed E-state index contributed by atoms with van der Waals surface area (Å²) in [7, 11) is 1.43. The van der Waals surface area contributed by atoms with Crippen LogP contribution in [0.3, 0.4) is 0 Å². The second kappa shape index (κ2) is 8.11. The van der Waals surface area contributed by atoms with Gasteiger partial charge in [0.2, 0.25) is 11.9 Å². The second-order valence-corrected chi connectivity index (χ2v) is 9.77. The van der Waals surface area contributed by atoms with Crippen molar-refractivity contribution in [3.05, 3.63) is 35.1 Å². The lowest BCUT2D eigenvalue weighted by Gasteiger charge is -2.54. The predicted octanol–water partition coefficient (Wildman–Crippen LogP) is 5.23. The first-order valence-corrected chi connectivity index (χ1v) is 11.4. The number of hydrogen-bond donors (Lipinski definition) is 2. The van der Waals surface area contributed by atoms with Crippen LogP contribution in [0.25, 0.3) is 0 Å². The second-order valence-electron chi connectivity index (χ2n) is 9.42. The smallest absolute Gasteiger partial charge is 0.420 e. The fraction of sp³-hybridized carbons (Fsp3) is 0.478. The Morgan fingerprint density at radius 2 is 1.91 bits per heavy atom. The van der Waals surface area contributed by atoms with Crippen LogP contribution in [-0.4, -0.2) is 28.8 Å². The molecule has 180 valence electrons. The number of halogens is 4. The van der Waals surface area contributed by atoms with Gasteiger partial charge in [-0.25, -0.2) is 9.97 Å². The third-order valence-electron chi connectivity index (χ3n) is 7.23. The SMILES string of the molecule is COc1cc(NC(=O)C23CC4CC(C2)C(=O)C(C4)C3)ccc1Nc1ncc(C(F)(F)F)c(Cl)n1. The molecule has 0 radical (unpaired) electrons. The Morgan fingerprint density at radius 1 is 1.21 bits per heavy atom. The number of carbonyl (C=O) groups is 2. The van der Waals surface area contributed by atoms with Crippen LogP contribution in [0.4, 0.5) is 30.5 Å². The zero-order chi connectivity index (χ0) is 24.3. The molecule has 11 heteroatoms. The number of aromatic nitrogens is 2. The highest BCUT2D eigenvalue weighted by molar-refractivity contribution is 6.30. The van der Waals surface area contributed by atoms with E-state index < -0.39 is 22.3 Å². The van der Waals surface area contributed by atoms with Crippen LogP contribution in [0.15, 0.2) is 24.4 Å². The summed E-state index contributed by atoms with van der Waals surface area (Å²) in [6.45, 7) is 0. The van der Waals surface area contributed by atoms with Crippen LogP contribution >= 0.6 is 11.6 Å². The van der Waals surface area contributed by atoms with E-state index >= 15 is 0 Å². The summed E-state index contributed by atoms with van der Waals surface area (Å²) in [5.74, 6) is 0.853. The van der Waals surface area contributed by atoms with Crippen molar-refractivity contribution < 1.29 is 27.5 Å². The van der Waals surface area contributed by atoms with Gasteiger partial charge in [0.25, 0.3) is 0 Å². The van der Waals surface area contributed by atoms with E-state index in [9.17, 15) is 22.8 Å². The first-order valence-electron chi connectivity index (χ1n) is 11.0. The Balaban J connectivity index is 1.32. The van der Waals surface area contributed by atoms with E-state index in [1.54, 1.807) is 18.2 Å². The van der Waals surface area contributed by atoms with Crippen molar-refractivity contribution in [3.63, 3.8) is 0 Å². The summed E-state index contributed by atoms with van der Waals surface area (Å²) < 4.78 is 44.0. The molecule has 7 nitrogen and oxygen atoms in total. The van der Waals surface area contributed by atoms with Crippen LogP contribution < -0.4 is 15.4 Å². The summed E-state index contributed by atoms with van der Waals surface area (Å²) in [5.41, 5.74) is -0.743. The molecule has 1 aromatic carbocycles. The number of nitrogens with zero attached hydrogens (tertiary/aromatic N) is 2. The minimum absolute atomic E-state index is 0.00586. The van der Waals surface area contributed by atoms with Gasteiger partial charge in [0.1, 0.15) is 22.2 Å². The molecule has 2 N–H and O–H groups in total. The van der Waals surface area contributed by atoms with Crippen molar-refractivity contribution in [1.82, 2.24) is 9.97 Å². The highest BCUT2D eigenvalue weighted by Gasteiger charge is 2.58. The number of methoxy groups -OCH3 is 1. The molecule has 0 aliphatic heterocycles. The lowest BCUT2D eigenvalue weighted by atomic mass is 9.49. The van der Waals surface area contributed by atoms with Gasteiger partial charge in [-0.3, -0.25) is 9.59 Å². The third kappa shape index (κ3) is 3.97. The molecule has 1 aromatic heterocycles.